The Balaban J connectivity index is 0.00000392. The number of ether oxygens (including phenoxy) is 2. The number of likely N-dealkylation sites (N-methyl/N-ethyl adjacent to an activating group) is 2. The summed E-state index contributed by atoms with van der Waals surface area (Å²) in [6, 6.07) is 14.8. The van der Waals surface area contributed by atoms with Crippen LogP contribution in [0.1, 0.15) is 106 Å². The van der Waals surface area contributed by atoms with E-state index in [0.29, 0.717) is 32.4 Å². The zero-order valence-corrected chi connectivity index (χ0v) is 41.6. The molecule has 1 saturated heterocycles. The van der Waals surface area contributed by atoms with Crippen LogP contribution < -0.4 is 16.0 Å². The van der Waals surface area contributed by atoms with Gasteiger partial charge in [-0.25, -0.2) is 4.79 Å². The smallest absolute Gasteiger partial charge is 0.326 e. The van der Waals surface area contributed by atoms with Gasteiger partial charge in [0.25, 0.3) is 0 Å². The Morgan fingerprint density at radius 3 is 2.00 bits per heavy atom. The van der Waals surface area contributed by atoms with Crippen molar-refractivity contribution in [1.82, 2.24) is 25.3 Å². The lowest BCUT2D eigenvalue weighted by molar-refractivity contribution is -0.147. The molecule has 0 aliphatic carbocycles. The number of amides is 4. The van der Waals surface area contributed by atoms with Gasteiger partial charge in [0, 0.05) is 53.5 Å². The summed E-state index contributed by atoms with van der Waals surface area (Å²) in [5, 5.41) is 18.6. The Labute approximate surface area is 385 Å². The molecule has 8 atom stereocenters. The summed E-state index contributed by atoms with van der Waals surface area (Å²) >= 11 is 0. The second-order valence-electron chi connectivity index (χ2n) is 17.0. The van der Waals surface area contributed by atoms with Crippen LogP contribution in [0.2, 0.25) is 0 Å². The van der Waals surface area contributed by atoms with E-state index in [4.69, 9.17) is 9.47 Å². The van der Waals surface area contributed by atoms with Gasteiger partial charge in [0.2, 0.25) is 23.6 Å². The van der Waals surface area contributed by atoms with E-state index in [2.05, 4.69) is 41.9 Å². The van der Waals surface area contributed by atoms with Crippen molar-refractivity contribution in [2.45, 2.75) is 144 Å². The lowest BCUT2D eigenvalue weighted by atomic mass is 9.90. The topological polar surface area (TPSA) is 170 Å². The number of benzene rings is 2. The second-order valence-corrected chi connectivity index (χ2v) is 17.0. The third kappa shape index (κ3) is 17.8. The lowest BCUT2D eigenvalue weighted by Gasteiger charge is -2.39. The number of likely N-dealkylation sites (tertiary alicyclic amines) is 1. The third-order valence-corrected chi connectivity index (χ3v) is 12.0. The number of anilines is 1. The molecule has 1 fully saturated rings. The predicted molar refractivity (Wildman–Crippen MR) is 257 cm³/mol. The molecule has 362 valence electrons. The molecule has 0 bridgehead atoms. The highest BCUT2D eigenvalue weighted by Crippen LogP contribution is 2.29. The number of hydrogen-bond acceptors (Lipinski definition) is 9. The fraction of sp³-hybridized carbons (Fsp3) is 0.660. The number of aliphatic carboxylic acids is 1. The van der Waals surface area contributed by atoms with Crippen LogP contribution in [0.3, 0.4) is 0 Å². The van der Waals surface area contributed by atoms with Gasteiger partial charge in [0.1, 0.15) is 6.04 Å². The van der Waals surface area contributed by atoms with Crippen LogP contribution in [0, 0.1) is 17.8 Å². The normalized spacial score (nSPS) is 16.7. The van der Waals surface area contributed by atoms with Crippen LogP contribution in [0.4, 0.5) is 5.69 Å². The van der Waals surface area contributed by atoms with Gasteiger partial charge in [0.05, 0.1) is 49.2 Å². The summed E-state index contributed by atoms with van der Waals surface area (Å²) in [5.41, 5.74) is 2.98. The SMILES string of the molecule is CC.CCC.CC[C@H](C)C([C@@H](CC(=O)N1CCC[C@H]1[C@H](OC)[C@@H](C)C(=O)N[C@@H](Cc1ccccc1)C(=O)O)OC)N(C)C(=O)CNC(=O)C(C(C)C)N(C)CCc1ccc(NC)cc1. The number of carboxylic acid groups (broad SMARTS) is 1. The Morgan fingerprint density at radius 2 is 1.48 bits per heavy atom. The van der Waals surface area contributed by atoms with E-state index in [0.717, 1.165) is 17.7 Å². The molecule has 0 saturated carbocycles. The molecular weight excluding hydrogens is 813 g/mol. The van der Waals surface area contributed by atoms with E-state index >= 15 is 0 Å². The van der Waals surface area contributed by atoms with Crippen molar-refractivity contribution in [3.05, 3.63) is 65.7 Å². The molecule has 14 nitrogen and oxygen atoms in total. The molecule has 4 amide bonds. The second kappa shape index (κ2) is 30.6. The zero-order chi connectivity index (χ0) is 48.5. The van der Waals surface area contributed by atoms with Gasteiger partial charge in [0.15, 0.2) is 0 Å². The highest BCUT2D eigenvalue weighted by atomic mass is 16.5. The zero-order valence-electron chi connectivity index (χ0n) is 41.6. The number of hydrogen-bond donors (Lipinski definition) is 4. The Bertz CT molecular complexity index is 1660. The molecule has 1 heterocycles. The first-order valence-corrected chi connectivity index (χ1v) is 23.4. The molecule has 64 heavy (non-hydrogen) atoms. The molecule has 3 rings (SSSR count). The van der Waals surface area contributed by atoms with Crippen molar-refractivity contribution in [2.24, 2.45) is 17.8 Å². The number of carbonyl (C=O) groups is 5. The van der Waals surface area contributed by atoms with Gasteiger partial charge in [-0.15, -0.1) is 0 Å². The molecule has 4 N–H and O–H groups in total. The Hall–Kier alpha value is -4.53. The lowest BCUT2D eigenvalue weighted by Crippen LogP contribution is -2.55. The first kappa shape index (κ1) is 57.5. The molecule has 2 aromatic rings. The minimum Gasteiger partial charge on any atom is -0.480 e. The summed E-state index contributed by atoms with van der Waals surface area (Å²) in [7, 11) is 8.53. The van der Waals surface area contributed by atoms with Crippen LogP contribution in [0.25, 0.3) is 0 Å². The van der Waals surface area contributed by atoms with Crippen molar-refractivity contribution in [2.75, 3.05) is 60.3 Å². The van der Waals surface area contributed by atoms with Crippen molar-refractivity contribution < 1.29 is 38.6 Å². The van der Waals surface area contributed by atoms with E-state index in [-0.39, 0.29) is 48.9 Å². The van der Waals surface area contributed by atoms with Crippen molar-refractivity contribution in [1.29, 1.82) is 0 Å². The number of rotatable bonds is 24. The maximum atomic E-state index is 14.2. The van der Waals surface area contributed by atoms with Gasteiger partial charge in [-0.05, 0) is 61.4 Å². The highest BCUT2D eigenvalue weighted by molar-refractivity contribution is 5.88. The first-order valence-electron chi connectivity index (χ1n) is 23.4. The predicted octanol–water partition coefficient (Wildman–Crippen LogP) is 6.52. The number of carbonyl (C=O) groups excluding carboxylic acids is 4. The summed E-state index contributed by atoms with van der Waals surface area (Å²) in [5.74, 6) is -3.12. The number of carboxylic acids is 1. The standard InChI is InChI=1S/C45H70N6O8.C3H8.C2H6/c1-11-30(4)41(50(8)39(53)28-47-44(55)40(29(2)3)49(7)25-23-32-19-21-34(46-6)22-20-32)37(58-9)27-38(52)51-24-15-18-36(51)42(59-10)31(5)43(54)48-35(45(56)57)26-33-16-13-12-14-17-33;1-3-2;1-2/h12-14,16-17,19-22,29-31,35-37,40-42,46H,11,15,18,23-28H2,1-10H3,(H,47,55)(H,48,54)(H,56,57);3H2,1-2H3;1-2H3/t30-,31+,35-,36-,37+,40?,41?,42+;;/m0../s1. The third-order valence-electron chi connectivity index (χ3n) is 12.0. The average Bonchev–Trinajstić information content (AvgIpc) is 3.78. The molecule has 2 aromatic carbocycles. The molecule has 0 radical (unpaired) electrons. The summed E-state index contributed by atoms with van der Waals surface area (Å²) < 4.78 is 11.8. The maximum Gasteiger partial charge on any atom is 0.326 e. The Morgan fingerprint density at radius 1 is 0.875 bits per heavy atom. The van der Waals surface area contributed by atoms with Gasteiger partial charge in [-0.1, -0.05) is 118 Å². The molecule has 1 aliphatic rings. The van der Waals surface area contributed by atoms with Crippen molar-refractivity contribution in [3.8, 4) is 0 Å². The first-order chi connectivity index (χ1) is 30.5. The van der Waals surface area contributed by atoms with Crippen LogP contribution in [-0.4, -0.2) is 141 Å². The van der Waals surface area contributed by atoms with Crippen LogP contribution in [0.15, 0.2) is 54.6 Å². The molecule has 0 aromatic heterocycles. The Kier molecular flexibility index (Phi) is 27.5. The molecule has 0 spiro atoms. The van der Waals surface area contributed by atoms with E-state index in [1.54, 1.807) is 23.8 Å². The quantitative estimate of drug-likeness (QED) is 0.0911. The van der Waals surface area contributed by atoms with Gasteiger partial charge < -0.3 is 40.3 Å². The van der Waals surface area contributed by atoms with E-state index in [1.807, 2.05) is 103 Å². The van der Waals surface area contributed by atoms with Crippen molar-refractivity contribution in [3.63, 3.8) is 0 Å². The fourth-order valence-electron chi connectivity index (χ4n) is 8.37. The van der Waals surface area contributed by atoms with Crippen molar-refractivity contribution >= 4 is 35.3 Å². The van der Waals surface area contributed by atoms with E-state index in [9.17, 15) is 29.1 Å². The monoisotopic (exact) mass is 897 g/mol. The maximum absolute atomic E-state index is 14.2. The number of nitrogens with one attached hydrogen (secondary N) is 3. The van der Waals surface area contributed by atoms with Gasteiger partial charge >= 0.3 is 5.97 Å². The van der Waals surface area contributed by atoms with E-state index < -0.39 is 54.2 Å². The summed E-state index contributed by atoms with van der Waals surface area (Å²) in [6.45, 7) is 18.9. The van der Waals surface area contributed by atoms with Gasteiger partial charge in [-0.3, -0.25) is 24.1 Å². The van der Waals surface area contributed by atoms with Gasteiger partial charge in [-0.2, -0.15) is 0 Å². The summed E-state index contributed by atoms with van der Waals surface area (Å²) in [6.07, 6.45) is 2.82. The summed E-state index contributed by atoms with van der Waals surface area (Å²) in [4.78, 5) is 72.5. The molecule has 1 aliphatic heterocycles. The average molecular weight is 897 g/mol. The largest absolute Gasteiger partial charge is 0.480 e. The van der Waals surface area contributed by atoms with Crippen LogP contribution >= 0.6 is 0 Å². The fourth-order valence-corrected chi connectivity index (χ4v) is 8.37. The molecule has 14 heteroatoms. The minimum absolute atomic E-state index is 0.00188. The number of methoxy groups -OCH3 is 2. The molecular formula is C50H84N6O8. The minimum atomic E-state index is -1.14. The van der Waals surface area contributed by atoms with E-state index in [1.165, 1.54) is 26.2 Å². The van der Waals surface area contributed by atoms with Crippen LogP contribution in [-0.2, 0) is 46.3 Å². The number of nitrogens with zero attached hydrogens (tertiary/aromatic N) is 3. The molecule has 2 unspecified atom stereocenters. The highest BCUT2D eigenvalue weighted by Gasteiger charge is 2.42. The van der Waals surface area contributed by atoms with Crippen LogP contribution in [0.5, 0.6) is 0 Å².